The zero-order chi connectivity index (χ0) is 17.9. The summed E-state index contributed by atoms with van der Waals surface area (Å²) in [5.74, 6) is 0. The van der Waals surface area contributed by atoms with Crippen LogP contribution in [0.1, 0.15) is 29.2 Å². The van der Waals surface area contributed by atoms with Crippen molar-refractivity contribution in [2.75, 3.05) is 0 Å². The van der Waals surface area contributed by atoms with E-state index in [1.807, 2.05) is 78.9 Å². The minimum Gasteiger partial charge on any atom is -0.393 e. The topological polar surface area (TPSA) is 40.5 Å². The van der Waals surface area contributed by atoms with Gasteiger partial charge in [-0.25, -0.2) is 0 Å². The Kier molecular flexibility index (Phi) is 11.9. The summed E-state index contributed by atoms with van der Waals surface area (Å²) in [5.41, 5.74) is 3.26. The van der Waals surface area contributed by atoms with Gasteiger partial charge in [0.15, 0.2) is 0 Å². The van der Waals surface area contributed by atoms with Crippen LogP contribution in [-0.4, -0.2) is 16.3 Å². The van der Waals surface area contributed by atoms with E-state index in [2.05, 4.69) is 19.1 Å². The normalized spacial score (nSPS) is 12.1. The van der Waals surface area contributed by atoms with E-state index in [1.165, 1.54) is 5.56 Å². The Balaban J connectivity index is 0.000000357. The van der Waals surface area contributed by atoms with Gasteiger partial charge in [-0.2, -0.15) is 0 Å². The summed E-state index contributed by atoms with van der Waals surface area (Å²) in [6, 6.07) is 29.5. The SMILES string of the molecule is Cc1ccccc1.OC(Cc1ccccc1)CC(O)c1ccccc1.[Eu]. The molecule has 0 fully saturated rings. The summed E-state index contributed by atoms with van der Waals surface area (Å²) in [6.45, 7) is 2.08. The van der Waals surface area contributed by atoms with E-state index in [1.54, 1.807) is 0 Å². The quantitative estimate of drug-likeness (QED) is 0.549. The van der Waals surface area contributed by atoms with E-state index in [4.69, 9.17) is 0 Å². The van der Waals surface area contributed by atoms with E-state index < -0.39 is 12.2 Å². The van der Waals surface area contributed by atoms with Gasteiger partial charge in [0, 0.05) is 55.8 Å². The molecule has 3 aromatic rings. The molecule has 0 bridgehead atoms. The number of hydrogen-bond donors (Lipinski definition) is 2. The second kappa shape index (κ2) is 13.4. The van der Waals surface area contributed by atoms with Gasteiger partial charge in [-0.1, -0.05) is 96.6 Å². The monoisotopic (exact) mass is 487 g/mol. The van der Waals surface area contributed by atoms with Crippen molar-refractivity contribution in [2.45, 2.75) is 32.0 Å². The summed E-state index contributed by atoms with van der Waals surface area (Å²) in [6.07, 6.45) is -0.198. The summed E-state index contributed by atoms with van der Waals surface area (Å²) in [7, 11) is 0. The Morgan fingerprint density at radius 3 is 1.62 bits per heavy atom. The first kappa shape index (κ1) is 23.2. The maximum Gasteiger partial charge on any atom is 0.0814 e. The van der Waals surface area contributed by atoms with E-state index in [-0.39, 0.29) is 49.4 Å². The van der Waals surface area contributed by atoms with Crippen molar-refractivity contribution in [1.82, 2.24) is 0 Å². The van der Waals surface area contributed by atoms with Gasteiger partial charge in [0.2, 0.25) is 0 Å². The molecule has 0 saturated carbocycles. The largest absolute Gasteiger partial charge is 0.393 e. The first-order chi connectivity index (χ1) is 12.1. The third-order valence-electron chi connectivity index (χ3n) is 3.93. The van der Waals surface area contributed by atoms with Gasteiger partial charge in [0.1, 0.15) is 0 Å². The average molecular weight is 486 g/mol. The summed E-state index contributed by atoms with van der Waals surface area (Å²) in [5, 5.41) is 20.0. The second-order valence-corrected chi connectivity index (χ2v) is 6.16. The molecule has 2 N–H and O–H groups in total. The molecule has 2 unspecified atom stereocenters. The Hall–Kier alpha value is -0.836. The van der Waals surface area contributed by atoms with Crippen molar-refractivity contribution in [3.05, 3.63) is 108 Å². The molecule has 2 atom stereocenters. The summed E-state index contributed by atoms with van der Waals surface area (Å²) < 4.78 is 0. The number of aryl methyl sites for hydroxylation is 1. The van der Waals surface area contributed by atoms with Crippen LogP contribution in [0.25, 0.3) is 0 Å². The predicted molar refractivity (Wildman–Crippen MR) is 103 cm³/mol. The number of aliphatic hydroxyl groups is 2. The maximum absolute atomic E-state index is 10.0. The van der Waals surface area contributed by atoms with E-state index in [0.29, 0.717) is 12.8 Å². The molecular formula is C23H26EuO2. The fraction of sp³-hybridized carbons (Fsp3) is 0.217. The molecule has 0 aliphatic carbocycles. The van der Waals surface area contributed by atoms with Crippen LogP contribution in [0.5, 0.6) is 0 Å². The number of aliphatic hydroxyl groups excluding tert-OH is 2. The molecule has 2 nitrogen and oxygen atoms in total. The summed E-state index contributed by atoms with van der Waals surface area (Å²) in [4.78, 5) is 0. The molecule has 0 saturated heterocycles. The average Bonchev–Trinajstić information content (AvgIpc) is 2.64. The molecule has 3 rings (SSSR count). The van der Waals surface area contributed by atoms with E-state index in [9.17, 15) is 10.2 Å². The first-order valence-electron chi connectivity index (χ1n) is 8.62. The zero-order valence-corrected chi connectivity index (χ0v) is 17.4. The fourth-order valence-corrected chi connectivity index (χ4v) is 2.57. The zero-order valence-electron chi connectivity index (χ0n) is 15.0. The van der Waals surface area contributed by atoms with Crippen LogP contribution >= 0.6 is 0 Å². The molecular weight excluding hydrogens is 460 g/mol. The number of benzene rings is 3. The van der Waals surface area contributed by atoms with Gasteiger partial charge >= 0.3 is 0 Å². The van der Waals surface area contributed by atoms with Crippen LogP contribution in [-0.2, 0) is 6.42 Å². The molecule has 0 amide bonds. The van der Waals surface area contributed by atoms with Gasteiger partial charge < -0.3 is 10.2 Å². The van der Waals surface area contributed by atoms with Gasteiger partial charge in [-0.3, -0.25) is 0 Å². The predicted octanol–water partition coefficient (Wildman–Crippen LogP) is 4.71. The molecule has 0 spiro atoms. The van der Waals surface area contributed by atoms with Crippen LogP contribution < -0.4 is 0 Å². The third kappa shape index (κ3) is 9.20. The van der Waals surface area contributed by atoms with Gasteiger partial charge in [0.05, 0.1) is 12.2 Å². The van der Waals surface area contributed by atoms with Crippen molar-refractivity contribution < 1.29 is 59.6 Å². The van der Waals surface area contributed by atoms with E-state index >= 15 is 0 Å². The standard InChI is InChI=1S/C16H18O2.C7H8.Eu/c17-15(11-13-7-3-1-4-8-13)12-16(18)14-9-5-2-6-10-14;1-7-5-3-2-4-6-7;/h1-10,15-18H,11-12H2;2-6H,1H3;. The van der Waals surface area contributed by atoms with Crippen LogP contribution in [0.4, 0.5) is 0 Å². The Morgan fingerprint density at radius 2 is 1.15 bits per heavy atom. The molecule has 0 aliphatic rings. The molecule has 0 aromatic heterocycles. The minimum atomic E-state index is -0.607. The Bertz CT molecular complexity index is 702. The molecule has 3 aromatic carbocycles. The van der Waals surface area contributed by atoms with Crippen molar-refractivity contribution in [1.29, 1.82) is 0 Å². The molecule has 0 aliphatic heterocycles. The first-order valence-corrected chi connectivity index (χ1v) is 8.62. The number of hydrogen-bond acceptors (Lipinski definition) is 2. The molecule has 0 heterocycles. The molecule has 137 valence electrons. The van der Waals surface area contributed by atoms with Crippen LogP contribution in [0, 0.1) is 56.3 Å². The Labute approximate surface area is 197 Å². The van der Waals surface area contributed by atoms with Crippen molar-refractivity contribution in [3.63, 3.8) is 0 Å². The van der Waals surface area contributed by atoms with Gasteiger partial charge in [-0.15, -0.1) is 0 Å². The number of rotatable bonds is 5. The fourth-order valence-electron chi connectivity index (χ4n) is 2.57. The Morgan fingerprint density at radius 1 is 0.692 bits per heavy atom. The molecule has 26 heavy (non-hydrogen) atoms. The minimum absolute atomic E-state index is 0. The smallest absolute Gasteiger partial charge is 0.0814 e. The second-order valence-electron chi connectivity index (χ2n) is 6.16. The molecule has 3 heteroatoms. The van der Waals surface area contributed by atoms with Crippen molar-refractivity contribution in [2.24, 2.45) is 0 Å². The van der Waals surface area contributed by atoms with Crippen molar-refractivity contribution in [3.8, 4) is 0 Å². The van der Waals surface area contributed by atoms with Crippen LogP contribution in [0.2, 0.25) is 0 Å². The third-order valence-corrected chi connectivity index (χ3v) is 3.93. The van der Waals surface area contributed by atoms with Gasteiger partial charge in [0.25, 0.3) is 0 Å². The van der Waals surface area contributed by atoms with Gasteiger partial charge in [-0.05, 0) is 24.5 Å². The summed E-state index contributed by atoms with van der Waals surface area (Å²) >= 11 is 0. The van der Waals surface area contributed by atoms with Crippen LogP contribution in [0.15, 0.2) is 91.0 Å². The van der Waals surface area contributed by atoms with Crippen LogP contribution in [0.3, 0.4) is 0 Å². The molecule has 1 radical (unpaired) electrons. The van der Waals surface area contributed by atoms with E-state index in [0.717, 1.165) is 11.1 Å². The maximum atomic E-state index is 10.0. The van der Waals surface area contributed by atoms with Crippen molar-refractivity contribution >= 4 is 0 Å².